The summed E-state index contributed by atoms with van der Waals surface area (Å²) >= 11 is 0. The minimum absolute atomic E-state index is 0.0148. The summed E-state index contributed by atoms with van der Waals surface area (Å²) in [5.74, 6) is -4.44. The lowest BCUT2D eigenvalue weighted by Gasteiger charge is -2.27. The Labute approximate surface area is 191 Å². The minimum Gasteiger partial charge on any atom is -0.491 e. The highest BCUT2D eigenvalue weighted by atomic mass is 19.4. The van der Waals surface area contributed by atoms with Gasteiger partial charge < -0.3 is 19.4 Å². The van der Waals surface area contributed by atoms with Gasteiger partial charge in [-0.25, -0.2) is 18.6 Å². The molecule has 0 spiro atoms. The van der Waals surface area contributed by atoms with Gasteiger partial charge in [0.1, 0.15) is 17.1 Å². The molecule has 3 heterocycles. The number of rotatable bonds is 4. The Morgan fingerprint density at radius 2 is 1.85 bits per heavy atom. The lowest BCUT2D eigenvalue weighted by molar-refractivity contribution is -0.141. The summed E-state index contributed by atoms with van der Waals surface area (Å²) < 4.78 is 78.7. The number of carbonyl (C=O) groups excluding carboxylic acids is 1. The van der Waals surface area contributed by atoms with Gasteiger partial charge in [-0.2, -0.15) is 13.2 Å². The number of hydrogen-bond donors (Lipinski definition) is 1. The van der Waals surface area contributed by atoms with Gasteiger partial charge >= 0.3 is 12.1 Å². The fraction of sp³-hybridized carbons (Fsp3) is 0.500. The Balaban J connectivity index is 2.35. The van der Waals surface area contributed by atoms with Crippen LogP contribution in [0.2, 0.25) is 0 Å². The molecule has 34 heavy (non-hydrogen) atoms. The topological polar surface area (TPSA) is 84.5 Å². The Bertz CT molecular complexity index is 1160. The van der Waals surface area contributed by atoms with Crippen molar-refractivity contribution in [2.45, 2.75) is 45.2 Å². The molecule has 1 fully saturated rings. The second kappa shape index (κ2) is 9.22. The zero-order valence-corrected chi connectivity index (χ0v) is 19.0. The summed E-state index contributed by atoms with van der Waals surface area (Å²) in [5, 5.41) is 0. The number of halogens is 5. The average Bonchev–Trinajstić information content (AvgIpc) is 2.92. The molecule has 2 aromatic rings. The first kappa shape index (κ1) is 25.4. The molecular formula is C22H24F5N3O4. The van der Waals surface area contributed by atoms with E-state index in [-0.39, 0.29) is 53.6 Å². The molecule has 12 heteroatoms. The second-order valence-electron chi connectivity index (χ2n) is 8.07. The van der Waals surface area contributed by atoms with Crippen LogP contribution in [-0.2, 0) is 10.9 Å². The quantitative estimate of drug-likeness (QED) is 0.503. The molecule has 7 nitrogen and oxygen atoms in total. The smallest absolute Gasteiger partial charge is 0.433 e. The van der Waals surface area contributed by atoms with Crippen molar-refractivity contribution < 1.29 is 36.2 Å². The van der Waals surface area contributed by atoms with E-state index >= 15 is 0 Å². The van der Waals surface area contributed by atoms with Crippen molar-refractivity contribution in [1.29, 1.82) is 0 Å². The number of ether oxygens (including phenoxy) is 2. The summed E-state index contributed by atoms with van der Waals surface area (Å²) in [6.07, 6.45) is -5.78. The average molecular weight is 489 g/mol. The van der Waals surface area contributed by atoms with Gasteiger partial charge in [-0.1, -0.05) is 0 Å². The van der Waals surface area contributed by atoms with Crippen LogP contribution >= 0.6 is 0 Å². The third kappa shape index (κ3) is 4.85. The lowest BCUT2D eigenvalue weighted by atomic mass is 10.0. The van der Waals surface area contributed by atoms with Crippen molar-refractivity contribution in [1.82, 2.24) is 9.97 Å². The van der Waals surface area contributed by atoms with Crippen molar-refractivity contribution >= 4 is 11.8 Å². The molecule has 3 rings (SSSR count). The number of pyridine rings is 2. The van der Waals surface area contributed by atoms with Crippen molar-refractivity contribution in [2.24, 2.45) is 0 Å². The molecular weight excluding hydrogens is 465 g/mol. The fourth-order valence-electron chi connectivity index (χ4n) is 4.04. The predicted octanol–water partition coefficient (Wildman–Crippen LogP) is 4.49. The SMILES string of the molecule is COC(=O)c1c(-c2cc(C)c(C(F)(F)F)nc2N2CCCC(F)(F)CC2)[nH]c(C)c(OC)c1=O. The molecule has 0 aliphatic carbocycles. The zero-order chi connectivity index (χ0) is 25.4. The monoisotopic (exact) mass is 489 g/mol. The number of anilines is 1. The summed E-state index contributed by atoms with van der Waals surface area (Å²) in [6.45, 7) is 2.43. The number of carbonyl (C=O) groups is 1. The maximum absolute atomic E-state index is 14.0. The van der Waals surface area contributed by atoms with E-state index in [1.165, 1.54) is 25.9 Å². The van der Waals surface area contributed by atoms with E-state index in [0.717, 1.165) is 13.2 Å². The van der Waals surface area contributed by atoms with Crippen molar-refractivity contribution in [3.05, 3.63) is 38.8 Å². The minimum atomic E-state index is -4.80. The molecule has 1 aliphatic heterocycles. The van der Waals surface area contributed by atoms with Crippen LogP contribution in [0.4, 0.5) is 27.8 Å². The summed E-state index contributed by atoms with van der Waals surface area (Å²) in [4.78, 5) is 33.5. The third-order valence-electron chi connectivity index (χ3n) is 5.68. The molecule has 0 unspecified atom stereocenters. The highest BCUT2D eigenvalue weighted by molar-refractivity contribution is 5.98. The molecule has 2 aromatic heterocycles. The lowest BCUT2D eigenvalue weighted by Crippen LogP contribution is -2.29. The summed E-state index contributed by atoms with van der Waals surface area (Å²) in [7, 11) is 2.27. The van der Waals surface area contributed by atoms with E-state index in [1.54, 1.807) is 0 Å². The molecule has 0 atom stereocenters. The van der Waals surface area contributed by atoms with Crippen LogP contribution in [0.3, 0.4) is 0 Å². The van der Waals surface area contributed by atoms with Crippen LogP contribution in [0.15, 0.2) is 10.9 Å². The maximum atomic E-state index is 14.0. The molecule has 1 aliphatic rings. The molecule has 0 amide bonds. The standard InChI is InChI=1S/C22H24F5N3O4/c1-11-10-13(15-14(20(32)34-4)16(31)17(33-3)12(2)28-15)19(29-18(11)22(25,26)27)30-8-5-6-21(23,24)7-9-30/h10H,5-9H2,1-4H3,(H,28,31). The van der Waals surface area contributed by atoms with E-state index in [4.69, 9.17) is 9.47 Å². The Kier molecular flexibility index (Phi) is 6.90. The van der Waals surface area contributed by atoms with E-state index in [2.05, 4.69) is 9.97 Å². The number of aryl methyl sites for hydroxylation is 2. The maximum Gasteiger partial charge on any atom is 0.433 e. The van der Waals surface area contributed by atoms with Gasteiger partial charge in [-0.05, 0) is 31.9 Å². The molecule has 186 valence electrons. The molecule has 0 radical (unpaired) electrons. The Morgan fingerprint density at radius 1 is 1.18 bits per heavy atom. The van der Waals surface area contributed by atoms with Crippen molar-refractivity contribution in [3.63, 3.8) is 0 Å². The predicted molar refractivity (Wildman–Crippen MR) is 114 cm³/mol. The van der Waals surface area contributed by atoms with Crippen LogP contribution in [0, 0.1) is 13.8 Å². The number of H-pyrrole nitrogens is 1. The highest BCUT2D eigenvalue weighted by Crippen LogP contribution is 2.39. The Hall–Kier alpha value is -3.18. The molecule has 0 bridgehead atoms. The zero-order valence-electron chi connectivity index (χ0n) is 19.0. The van der Waals surface area contributed by atoms with Gasteiger partial charge in [0.15, 0.2) is 5.75 Å². The highest BCUT2D eigenvalue weighted by Gasteiger charge is 2.38. The van der Waals surface area contributed by atoms with Crippen LogP contribution in [0.5, 0.6) is 5.75 Å². The first-order valence-corrected chi connectivity index (χ1v) is 10.4. The molecule has 0 saturated carbocycles. The van der Waals surface area contributed by atoms with Crippen molar-refractivity contribution in [3.8, 4) is 17.0 Å². The summed E-state index contributed by atoms with van der Waals surface area (Å²) in [5.41, 5.74) is -2.71. The number of aromatic nitrogens is 2. The van der Waals surface area contributed by atoms with Crippen LogP contribution < -0.4 is 15.1 Å². The molecule has 1 saturated heterocycles. The second-order valence-corrected chi connectivity index (χ2v) is 8.07. The van der Waals surface area contributed by atoms with E-state index in [9.17, 15) is 31.5 Å². The third-order valence-corrected chi connectivity index (χ3v) is 5.68. The Morgan fingerprint density at radius 3 is 2.44 bits per heavy atom. The summed E-state index contributed by atoms with van der Waals surface area (Å²) in [6, 6.07) is 1.14. The van der Waals surface area contributed by atoms with Crippen LogP contribution in [0.1, 0.15) is 46.6 Å². The van der Waals surface area contributed by atoms with Crippen LogP contribution in [-0.4, -0.2) is 49.2 Å². The largest absolute Gasteiger partial charge is 0.491 e. The van der Waals surface area contributed by atoms with E-state index < -0.39 is 47.6 Å². The van der Waals surface area contributed by atoms with Crippen LogP contribution in [0.25, 0.3) is 11.3 Å². The number of esters is 1. The number of aromatic amines is 1. The normalized spacial score (nSPS) is 16.2. The number of hydrogen-bond acceptors (Lipinski definition) is 6. The fourth-order valence-corrected chi connectivity index (χ4v) is 4.04. The van der Waals surface area contributed by atoms with Gasteiger partial charge in [-0.3, -0.25) is 4.79 Å². The first-order chi connectivity index (χ1) is 15.8. The van der Waals surface area contributed by atoms with Gasteiger partial charge in [-0.15, -0.1) is 0 Å². The first-order valence-electron chi connectivity index (χ1n) is 10.4. The van der Waals surface area contributed by atoms with Gasteiger partial charge in [0.25, 0.3) is 0 Å². The van der Waals surface area contributed by atoms with Gasteiger partial charge in [0.2, 0.25) is 11.4 Å². The van der Waals surface area contributed by atoms with Crippen molar-refractivity contribution in [2.75, 3.05) is 32.2 Å². The number of methoxy groups -OCH3 is 2. The van der Waals surface area contributed by atoms with E-state index in [1.807, 2.05) is 0 Å². The molecule has 0 aromatic carbocycles. The van der Waals surface area contributed by atoms with Gasteiger partial charge in [0.05, 0.1) is 25.6 Å². The van der Waals surface area contributed by atoms with E-state index in [0.29, 0.717) is 0 Å². The van der Waals surface area contributed by atoms with Gasteiger partial charge in [0, 0.05) is 31.5 Å². The number of alkyl halides is 5. The number of nitrogens with one attached hydrogen (secondary N) is 1. The number of nitrogens with zero attached hydrogens (tertiary/aromatic N) is 2. The molecule has 1 N–H and O–H groups in total.